The van der Waals surface area contributed by atoms with Crippen LogP contribution < -0.4 is 5.73 Å². The highest BCUT2D eigenvalue weighted by atomic mass is 32.1. The molecule has 0 amide bonds. The number of hydrogen-bond acceptors (Lipinski definition) is 4. The molecule has 0 saturated carbocycles. The maximum atomic E-state index is 6.24. The lowest BCUT2D eigenvalue weighted by molar-refractivity contribution is 0.859. The predicted octanol–water partition coefficient (Wildman–Crippen LogP) is 3.25. The van der Waals surface area contributed by atoms with E-state index in [1.807, 2.05) is 54.0 Å². The first-order valence-electron chi connectivity index (χ1n) is 6.01. The molecule has 3 aromatic rings. The third-order valence-corrected chi connectivity index (χ3v) is 3.83. The number of nitrogens with zero attached hydrogens (tertiary/aromatic N) is 2. The van der Waals surface area contributed by atoms with Gasteiger partial charge in [-0.1, -0.05) is 30.3 Å². The number of nitrogens with two attached hydrogens (primary N) is 1. The Hall–Kier alpha value is -2.04. The minimum absolute atomic E-state index is 0.170. The summed E-state index contributed by atoms with van der Waals surface area (Å²) in [6.07, 6.45) is 3.57. The maximum Gasteiger partial charge on any atom is 0.115 e. The molecule has 2 aromatic heterocycles. The molecule has 3 nitrogen and oxygen atoms in total. The van der Waals surface area contributed by atoms with Gasteiger partial charge in [-0.3, -0.25) is 4.98 Å². The normalized spacial score (nSPS) is 12.3. The minimum atomic E-state index is -0.170. The van der Waals surface area contributed by atoms with E-state index in [0.717, 1.165) is 21.8 Å². The average molecular weight is 267 g/mol. The first-order chi connectivity index (χ1) is 9.34. The molecule has 0 aliphatic rings. The highest BCUT2D eigenvalue weighted by Crippen LogP contribution is 2.27. The molecule has 2 heterocycles. The van der Waals surface area contributed by atoms with Gasteiger partial charge in [-0.15, -0.1) is 11.3 Å². The quantitative estimate of drug-likeness (QED) is 0.792. The van der Waals surface area contributed by atoms with Crippen LogP contribution in [0.4, 0.5) is 0 Å². The number of thiazole rings is 1. The summed E-state index contributed by atoms with van der Waals surface area (Å²) in [4.78, 5) is 8.72. The lowest BCUT2D eigenvalue weighted by Gasteiger charge is -2.07. The van der Waals surface area contributed by atoms with Crippen LogP contribution in [-0.4, -0.2) is 9.97 Å². The molecule has 0 radical (unpaired) electrons. The highest BCUT2D eigenvalue weighted by molar-refractivity contribution is 7.10. The van der Waals surface area contributed by atoms with Gasteiger partial charge in [0.1, 0.15) is 5.01 Å². The molecule has 0 fully saturated rings. The van der Waals surface area contributed by atoms with E-state index in [9.17, 15) is 0 Å². The van der Waals surface area contributed by atoms with Crippen molar-refractivity contribution in [3.63, 3.8) is 0 Å². The molecule has 0 aliphatic carbocycles. The number of hydrogen-bond donors (Lipinski definition) is 1. The van der Waals surface area contributed by atoms with Crippen molar-refractivity contribution in [1.29, 1.82) is 0 Å². The molecule has 4 heteroatoms. The van der Waals surface area contributed by atoms with Gasteiger partial charge in [-0.2, -0.15) is 0 Å². The maximum absolute atomic E-state index is 6.24. The van der Waals surface area contributed by atoms with Crippen LogP contribution in [0, 0.1) is 0 Å². The molecular weight excluding hydrogens is 254 g/mol. The summed E-state index contributed by atoms with van der Waals surface area (Å²) < 4.78 is 0. The third-order valence-electron chi connectivity index (χ3n) is 2.90. The van der Waals surface area contributed by atoms with Crippen molar-refractivity contribution in [3.05, 3.63) is 70.8 Å². The minimum Gasteiger partial charge on any atom is -0.318 e. The van der Waals surface area contributed by atoms with Gasteiger partial charge < -0.3 is 5.73 Å². The molecule has 0 saturated heterocycles. The largest absolute Gasteiger partial charge is 0.318 e. The van der Waals surface area contributed by atoms with Crippen molar-refractivity contribution < 1.29 is 0 Å². The first kappa shape index (κ1) is 12.0. The first-order valence-corrected chi connectivity index (χ1v) is 6.89. The smallest absolute Gasteiger partial charge is 0.115 e. The molecule has 19 heavy (non-hydrogen) atoms. The van der Waals surface area contributed by atoms with Gasteiger partial charge in [0.15, 0.2) is 0 Å². The Bertz CT molecular complexity index is 649. The molecule has 1 atom stereocenters. The number of aromatic nitrogens is 2. The van der Waals surface area contributed by atoms with Crippen molar-refractivity contribution in [2.75, 3.05) is 0 Å². The van der Waals surface area contributed by atoms with E-state index in [1.165, 1.54) is 0 Å². The molecule has 0 spiro atoms. The molecule has 94 valence electrons. The fourth-order valence-corrected chi connectivity index (χ4v) is 2.74. The van der Waals surface area contributed by atoms with Crippen molar-refractivity contribution in [2.45, 2.75) is 6.04 Å². The van der Waals surface area contributed by atoms with E-state index < -0.39 is 0 Å². The molecular formula is C15H13N3S. The van der Waals surface area contributed by atoms with E-state index in [0.29, 0.717) is 0 Å². The molecule has 0 aliphatic heterocycles. The average Bonchev–Trinajstić information content (AvgIpc) is 2.98. The summed E-state index contributed by atoms with van der Waals surface area (Å²) in [6.45, 7) is 0. The van der Waals surface area contributed by atoms with E-state index in [-0.39, 0.29) is 6.04 Å². The zero-order chi connectivity index (χ0) is 13.1. The van der Waals surface area contributed by atoms with Crippen LogP contribution in [0.3, 0.4) is 0 Å². The van der Waals surface area contributed by atoms with Gasteiger partial charge in [-0.25, -0.2) is 4.98 Å². The van der Waals surface area contributed by atoms with Crippen LogP contribution in [0.2, 0.25) is 0 Å². The lowest BCUT2D eigenvalue weighted by Crippen LogP contribution is -2.11. The Labute approximate surface area is 115 Å². The Morgan fingerprint density at radius 2 is 1.89 bits per heavy atom. The molecule has 3 rings (SSSR count). The van der Waals surface area contributed by atoms with E-state index in [2.05, 4.69) is 9.97 Å². The van der Waals surface area contributed by atoms with Gasteiger partial charge in [0, 0.05) is 23.3 Å². The zero-order valence-electron chi connectivity index (χ0n) is 10.2. The number of rotatable bonds is 3. The summed E-state index contributed by atoms with van der Waals surface area (Å²) >= 11 is 1.58. The van der Waals surface area contributed by atoms with Gasteiger partial charge >= 0.3 is 0 Å². The van der Waals surface area contributed by atoms with Crippen LogP contribution >= 0.6 is 11.3 Å². The molecule has 0 bridgehead atoms. The topological polar surface area (TPSA) is 51.8 Å². The van der Waals surface area contributed by atoms with Crippen molar-refractivity contribution in [1.82, 2.24) is 9.97 Å². The Kier molecular flexibility index (Phi) is 3.35. The van der Waals surface area contributed by atoms with Crippen LogP contribution in [0.1, 0.15) is 16.6 Å². The van der Waals surface area contributed by atoms with E-state index >= 15 is 0 Å². The fraction of sp³-hybridized carbons (Fsp3) is 0.0667. The lowest BCUT2D eigenvalue weighted by atomic mass is 10.1. The van der Waals surface area contributed by atoms with Gasteiger partial charge in [0.25, 0.3) is 0 Å². The summed E-state index contributed by atoms with van der Waals surface area (Å²) in [6, 6.07) is 13.8. The van der Waals surface area contributed by atoms with Gasteiger partial charge in [0.2, 0.25) is 0 Å². The third kappa shape index (κ3) is 2.54. The second kappa shape index (κ2) is 5.30. The SMILES string of the molecule is NC(c1ccccc1)c1nc(-c2cccnc2)cs1. The second-order valence-electron chi connectivity index (χ2n) is 4.20. The summed E-state index contributed by atoms with van der Waals surface area (Å²) in [5.41, 5.74) is 9.27. The number of pyridine rings is 1. The van der Waals surface area contributed by atoms with Crippen LogP contribution in [0.15, 0.2) is 60.2 Å². The summed E-state index contributed by atoms with van der Waals surface area (Å²) in [7, 11) is 0. The van der Waals surface area contributed by atoms with Crippen molar-refractivity contribution in [3.8, 4) is 11.3 Å². The Morgan fingerprint density at radius 1 is 1.05 bits per heavy atom. The van der Waals surface area contributed by atoms with Crippen molar-refractivity contribution >= 4 is 11.3 Å². The molecule has 1 unspecified atom stereocenters. The summed E-state index contributed by atoms with van der Waals surface area (Å²) in [5, 5.41) is 2.94. The van der Waals surface area contributed by atoms with Gasteiger partial charge in [-0.05, 0) is 17.7 Å². The highest BCUT2D eigenvalue weighted by Gasteiger charge is 2.13. The van der Waals surface area contributed by atoms with E-state index in [1.54, 1.807) is 17.5 Å². The van der Waals surface area contributed by atoms with Crippen LogP contribution in [0.5, 0.6) is 0 Å². The fourth-order valence-electron chi connectivity index (χ4n) is 1.88. The molecule has 1 aromatic carbocycles. The van der Waals surface area contributed by atoms with Crippen molar-refractivity contribution in [2.24, 2.45) is 5.73 Å². The summed E-state index contributed by atoms with van der Waals surface area (Å²) in [5.74, 6) is 0. The van der Waals surface area contributed by atoms with E-state index in [4.69, 9.17) is 5.73 Å². The monoisotopic (exact) mass is 267 g/mol. The Balaban J connectivity index is 1.90. The van der Waals surface area contributed by atoms with Crippen LogP contribution in [-0.2, 0) is 0 Å². The number of benzene rings is 1. The molecule has 2 N–H and O–H groups in total. The standard InChI is InChI=1S/C15H13N3S/c16-14(11-5-2-1-3-6-11)15-18-13(10-19-15)12-7-4-8-17-9-12/h1-10,14H,16H2. The zero-order valence-corrected chi connectivity index (χ0v) is 11.0. The van der Waals surface area contributed by atoms with Crippen LogP contribution in [0.25, 0.3) is 11.3 Å². The predicted molar refractivity (Wildman–Crippen MR) is 77.8 cm³/mol. The Morgan fingerprint density at radius 3 is 2.63 bits per heavy atom. The van der Waals surface area contributed by atoms with Gasteiger partial charge in [0.05, 0.1) is 11.7 Å². The second-order valence-corrected chi connectivity index (χ2v) is 5.09.